The summed E-state index contributed by atoms with van der Waals surface area (Å²) < 4.78 is 44.1. The molecule has 1 fully saturated rings. The minimum Gasteiger partial charge on any atom is -0.419 e. The Balaban J connectivity index is 1.63. The van der Waals surface area contributed by atoms with E-state index >= 15 is 0 Å². The quantitative estimate of drug-likeness (QED) is 0.589. The van der Waals surface area contributed by atoms with Gasteiger partial charge in [0.15, 0.2) is 0 Å². The minimum atomic E-state index is -4.40. The first-order chi connectivity index (χ1) is 14.3. The highest BCUT2D eigenvalue weighted by Crippen LogP contribution is 2.35. The number of alkyl halides is 3. The van der Waals surface area contributed by atoms with Gasteiger partial charge in [0.05, 0.1) is 16.8 Å². The Bertz CT molecular complexity index is 1060. The maximum absolute atomic E-state index is 12.8. The third-order valence-electron chi connectivity index (χ3n) is 5.10. The molecule has 2 aromatic carbocycles. The Kier molecular flexibility index (Phi) is 4.94. The van der Waals surface area contributed by atoms with E-state index in [-0.39, 0.29) is 24.2 Å². The highest BCUT2D eigenvalue weighted by molar-refractivity contribution is 5.89. The fourth-order valence-corrected chi connectivity index (χ4v) is 3.36. The van der Waals surface area contributed by atoms with Crippen LogP contribution in [0.15, 0.2) is 52.9 Å². The number of nitrogens with two attached hydrogens (primary N) is 1. The Labute approximate surface area is 169 Å². The number of nitrogens with zero attached hydrogens (tertiary/aromatic N) is 2. The molecule has 1 atom stereocenters. The van der Waals surface area contributed by atoms with Gasteiger partial charge in [0.2, 0.25) is 17.7 Å². The van der Waals surface area contributed by atoms with Gasteiger partial charge in [-0.15, -0.1) is 10.2 Å². The van der Waals surface area contributed by atoms with Gasteiger partial charge < -0.3 is 20.8 Å². The summed E-state index contributed by atoms with van der Waals surface area (Å²) in [4.78, 5) is 12.3. The molecule has 4 rings (SSSR count). The lowest BCUT2D eigenvalue weighted by Crippen LogP contribution is -2.42. The first kappa shape index (κ1) is 19.9. The van der Waals surface area contributed by atoms with Crippen LogP contribution < -0.4 is 16.4 Å². The summed E-state index contributed by atoms with van der Waals surface area (Å²) in [6, 6.07) is 11.7. The smallest absolute Gasteiger partial charge is 0.416 e. The molecule has 1 amide bonds. The maximum atomic E-state index is 12.8. The zero-order valence-corrected chi connectivity index (χ0v) is 15.7. The first-order valence-corrected chi connectivity index (χ1v) is 9.19. The molecular formula is C20H18F3N5O2. The van der Waals surface area contributed by atoms with E-state index < -0.39 is 17.2 Å². The number of hydrogen-bond acceptors (Lipinski definition) is 6. The van der Waals surface area contributed by atoms with Crippen LogP contribution in [0.25, 0.3) is 11.5 Å². The molecule has 3 aromatic rings. The Morgan fingerprint density at radius 3 is 2.50 bits per heavy atom. The summed E-state index contributed by atoms with van der Waals surface area (Å²) in [5.74, 6) is 0.0586. The van der Waals surface area contributed by atoms with Crippen LogP contribution in [-0.2, 0) is 16.4 Å². The third-order valence-corrected chi connectivity index (χ3v) is 5.10. The second-order valence-corrected chi connectivity index (χ2v) is 6.95. The zero-order valence-electron chi connectivity index (χ0n) is 15.7. The van der Waals surface area contributed by atoms with Crippen molar-refractivity contribution in [1.82, 2.24) is 15.5 Å². The van der Waals surface area contributed by atoms with Crippen molar-refractivity contribution in [1.29, 1.82) is 0 Å². The minimum absolute atomic E-state index is 0.0336. The monoisotopic (exact) mass is 417 g/mol. The van der Waals surface area contributed by atoms with Crippen LogP contribution in [0.2, 0.25) is 0 Å². The Hall–Kier alpha value is -3.40. The van der Waals surface area contributed by atoms with Gasteiger partial charge in [-0.1, -0.05) is 12.1 Å². The topological polar surface area (TPSA) is 106 Å². The van der Waals surface area contributed by atoms with E-state index in [0.717, 1.165) is 12.1 Å². The predicted octanol–water partition coefficient (Wildman–Crippen LogP) is 3.22. The number of carbonyl (C=O) groups excluding carboxylic acids is 1. The summed E-state index contributed by atoms with van der Waals surface area (Å²) in [5.41, 5.74) is 5.61. The predicted molar refractivity (Wildman–Crippen MR) is 103 cm³/mol. The highest BCUT2D eigenvalue weighted by Gasteiger charge is 2.47. The maximum Gasteiger partial charge on any atom is 0.416 e. The molecule has 0 spiro atoms. The van der Waals surface area contributed by atoms with Gasteiger partial charge in [0, 0.05) is 18.8 Å². The summed E-state index contributed by atoms with van der Waals surface area (Å²) in [5, 5.41) is 13.9. The molecule has 0 saturated carbocycles. The molecule has 0 aliphatic carbocycles. The van der Waals surface area contributed by atoms with Gasteiger partial charge in [0.1, 0.15) is 5.41 Å². The molecule has 30 heavy (non-hydrogen) atoms. The molecule has 0 radical (unpaired) electrons. The SMILES string of the molecule is NC[C@@]1(c2nnc(-c3ccccc3Nc3ccc(C(F)(F)F)cc3)o2)CCNC1=O. The van der Waals surface area contributed by atoms with Gasteiger partial charge >= 0.3 is 6.18 Å². The van der Waals surface area contributed by atoms with Crippen molar-refractivity contribution >= 4 is 17.3 Å². The van der Waals surface area contributed by atoms with Gasteiger partial charge in [-0.3, -0.25) is 4.79 Å². The van der Waals surface area contributed by atoms with Crippen LogP contribution in [0.1, 0.15) is 17.9 Å². The number of amides is 1. The molecule has 0 unspecified atom stereocenters. The number of nitrogens with one attached hydrogen (secondary N) is 2. The fraction of sp³-hybridized carbons (Fsp3) is 0.250. The number of anilines is 2. The number of rotatable bonds is 5. The van der Waals surface area contributed by atoms with Gasteiger partial charge in [0.25, 0.3) is 0 Å². The molecule has 156 valence electrons. The van der Waals surface area contributed by atoms with Crippen molar-refractivity contribution in [2.45, 2.75) is 18.0 Å². The van der Waals surface area contributed by atoms with E-state index in [1.165, 1.54) is 12.1 Å². The van der Waals surface area contributed by atoms with E-state index in [2.05, 4.69) is 20.8 Å². The second kappa shape index (κ2) is 7.45. The van der Waals surface area contributed by atoms with Crippen LogP contribution in [0.4, 0.5) is 24.5 Å². The Morgan fingerprint density at radius 1 is 1.13 bits per heavy atom. The van der Waals surface area contributed by atoms with E-state index in [9.17, 15) is 18.0 Å². The average molecular weight is 417 g/mol. The van der Waals surface area contributed by atoms with Crippen molar-refractivity contribution in [3.05, 3.63) is 60.0 Å². The van der Waals surface area contributed by atoms with Crippen molar-refractivity contribution in [2.75, 3.05) is 18.4 Å². The molecule has 4 N–H and O–H groups in total. The summed E-state index contributed by atoms with van der Waals surface area (Å²) in [7, 11) is 0. The average Bonchev–Trinajstić information content (AvgIpc) is 3.35. The fourth-order valence-electron chi connectivity index (χ4n) is 3.36. The third kappa shape index (κ3) is 3.50. The number of carbonyl (C=O) groups is 1. The molecule has 0 bridgehead atoms. The van der Waals surface area contributed by atoms with E-state index in [1.54, 1.807) is 24.3 Å². The van der Waals surface area contributed by atoms with Crippen molar-refractivity contribution < 1.29 is 22.4 Å². The van der Waals surface area contributed by atoms with Gasteiger partial charge in [-0.05, 0) is 42.8 Å². The van der Waals surface area contributed by atoms with Crippen molar-refractivity contribution in [3.8, 4) is 11.5 Å². The lowest BCUT2D eigenvalue weighted by atomic mass is 9.86. The molecule has 1 aliphatic rings. The summed E-state index contributed by atoms with van der Waals surface area (Å²) in [6.07, 6.45) is -3.95. The number of halogens is 3. The van der Waals surface area contributed by atoms with Gasteiger partial charge in [-0.2, -0.15) is 13.2 Å². The highest BCUT2D eigenvalue weighted by atomic mass is 19.4. The largest absolute Gasteiger partial charge is 0.419 e. The molecule has 1 aromatic heterocycles. The van der Waals surface area contributed by atoms with E-state index in [4.69, 9.17) is 10.2 Å². The number of para-hydroxylation sites is 1. The first-order valence-electron chi connectivity index (χ1n) is 9.19. The number of aromatic nitrogens is 2. The number of hydrogen-bond donors (Lipinski definition) is 3. The van der Waals surface area contributed by atoms with Crippen LogP contribution in [-0.4, -0.2) is 29.2 Å². The molecule has 1 saturated heterocycles. The zero-order chi connectivity index (χ0) is 21.4. The van der Waals surface area contributed by atoms with Crippen molar-refractivity contribution in [2.24, 2.45) is 5.73 Å². The molecule has 2 heterocycles. The standard InChI is InChI=1S/C20H18F3N5O2/c21-20(22,23)12-5-7-13(8-6-12)26-15-4-2-1-3-14(15)16-27-28-18(30-16)19(11-24)9-10-25-17(19)29/h1-8,26H,9-11,24H2,(H,25,29)/t19-/m0/s1. The van der Waals surface area contributed by atoms with E-state index in [0.29, 0.717) is 29.9 Å². The second-order valence-electron chi connectivity index (χ2n) is 6.95. The van der Waals surface area contributed by atoms with E-state index in [1.807, 2.05) is 0 Å². The Morgan fingerprint density at radius 2 is 1.87 bits per heavy atom. The normalized spacial score (nSPS) is 19.0. The number of benzene rings is 2. The lowest BCUT2D eigenvalue weighted by Gasteiger charge is -2.18. The van der Waals surface area contributed by atoms with Crippen LogP contribution >= 0.6 is 0 Å². The molecule has 10 heteroatoms. The molecular weight excluding hydrogens is 399 g/mol. The molecule has 7 nitrogen and oxygen atoms in total. The van der Waals surface area contributed by atoms with Crippen LogP contribution in [0, 0.1) is 0 Å². The van der Waals surface area contributed by atoms with Gasteiger partial charge in [-0.25, -0.2) is 0 Å². The van der Waals surface area contributed by atoms with Crippen LogP contribution in [0.3, 0.4) is 0 Å². The van der Waals surface area contributed by atoms with Crippen LogP contribution in [0.5, 0.6) is 0 Å². The van der Waals surface area contributed by atoms with Crippen molar-refractivity contribution in [3.63, 3.8) is 0 Å². The molecule has 1 aliphatic heterocycles. The lowest BCUT2D eigenvalue weighted by molar-refractivity contribution is -0.137. The summed E-state index contributed by atoms with van der Waals surface area (Å²) in [6.45, 7) is 0.506. The summed E-state index contributed by atoms with van der Waals surface area (Å²) >= 11 is 0.